The number of benzene rings is 2. The second kappa shape index (κ2) is 8.89. The number of aromatic nitrogens is 2. The molecule has 2 aromatic carbocycles. The van der Waals surface area contributed by atoms with Gasteiger partial charge in [-0.3, -0.25) is 4.79 Å². The van der Waals surface area contributed by atoms with Crippen LogP contribution in [-0.2, 0) is 12.8 Å². The minimum absolute atomic E-state index is 0.270. The molecular weight excluding hydrogens is 343 g/mol. The van der Waals surface area contributed by atoms with Gasteiger partial charge in [0.25, 0.3) is 5.91 Å². The van der Waals surface area contributed by atoms with Crippen molar-refractivity contribution in [2.24, 2.45) is 0 Å². The molecule has 138 valence electrons. The average molecular weight is 364 g/mol. The Morgan fingerprint density at radius 3 is 2.63 bits per heavy atom. The summed E-state index contributed by atoms with van der Waals surface area (Å²) in [4.78, 5) is 20.8. The Morgan fingerprint density at radius 1 is 1.07 bits per heavy atom. The van der Waals surface area contributed by atoms with E-state index < -0.39 is 0 Å². The average Bonchev–Trinajstić information content (AvgIpc) is 2.70. The highest BCUT2D eigenvalue weighted by atomic mass is 19.1. The van der Waals surface area contributed by atoms with Crippen LogP contribution in [0.3, 0.4) is 0 Å². The van der Waals surface area contributed by atoms with Gasteiger partial charge < -0.3 is 10.6 Å². The lowest BCUT2D eigenvalue weighted by atomic mass is 10.1. The number of rotatable bonds is 7. The summed E-state index contributed by atoms with van der Waals surface area (Å²) in [7, 11) is 0. The smallest absolute Gasteiger partial charge is 0.270 e. The highest BCUT2D eigenvalue weighted by Gasteiger charge is 2.09. The quantitative estimate of drug-likeness (QED) is 0.667. The standard InChI is InChI=1S/C21H21FN4O/c1-2-16-5-3-4-6-18(16)25-21-24-14-12-19(26-21)20(27)23-13-11-15-7-9-17(22)10-8-15/h3-10,12,14H,2,11,13H2,1H3,(H,23,27)(H,24,25,26). The van der Waals surface area contributed by atoms with Crippen LogP contribution in [0, 0.1) is 5.82 Å². The molecule has 1 amide bonds. The summed E-state index contributed by atoms with van der Waals surface area (Å²) < 4.78 is 12.9. The maximum atomic E-state index is 12.9. The number of hydrogen-bond donors (Lipinski definition) is 2. The molecule has 0 saturated heterocycles. The van der Waals surface area contributed by atoms with Crippen LogP contribution in [0.4, 0.5) is 16.0 Å². The van der Waals surface area contributed by atoms with E-state index in [0.717, 1.165) is 23.2 Å². The molecule has 0 unspecified atom stereocenters. The monoisotopic (exact) mass is 364 g/mol. The van der Waals surface area contributed by atoms with E-state index in [9.17, 15) is 9.18 Å². The van der Waals surface area contributed by atoms with Crippen molar-refractivity contribution in [1.82, 2.24) is 15.3 Å². The highest BCUT2D eigenvalue weighted by Crippen LogP contribution is 2.18. The number of para-hydroxylation sites is 1. The Bertz CT molecular complexity index is 912. The Balaban J connectivity index is 1.60. The highest BCUT2D eigenvalue weighted by molar-refractivity contribution is 5.92. The summed E-state index contributed by atoms with van der Waals surface area (Å²) in [6.45, 7) is 2.52. The van der Waals surface area contributed by atoms with Crippen LogP contribution in [0.2, 0.25) is 0 Å². The van der Waals surface area contributed by atoms with E-state index in [0.29, 0.717) is 24.6 Å². The van der Waals surface area contributed by atoms with Gasteiger partial charge in [-0.25, -0.2) is 14.4 Å². The minimum Gasteiger partial charge on any atom is -0.350 e. The van der Waals surface area contributed by atoms with Gasteiger partial charge in [-0.15, -0.1) is 0 Å². The maximum absolute atomic E-state index is 12.9. The molecule has 6 heteroatoms. The van der Waals surface area contributed by atoms with Crippen LogP contribution < -0.4 is 10.6 Å². The Morgan fingerprint density at radius 2 is 1.85 bits per heavy atom. The van der Waals surface area contributed by atoms with Crippen LogP contribution in [0.15, 0.2) is 60.8 Å². The molecule has 1 heterocycles. The van der Waals surface area contributed by atoms with Gasteiger partial charge in [0.15, 0.2) is 0 Å². The van der Waals surface area contributed by atoms with Crippen molar-refractivity contribution in [3.05, 3.63) is 83.4 Å². The molecule has 0 fully saturated rings. The number of hydrogen-bond acceptors (Lipinski definition) is 4. The van der Waals surface area contributed by atoms with E-state index in [1.807, 2.05) is 24.3 Å². The van der Waals surface area contributed by atoms with Crippen LogP contribution in [0.1, 0.15) is 28.5 Å². The molecule has 0 aliphatic carbocycles. The van der Waals surface area contributed by atoms with Gasteiger partial charge in [0.05, 0.1) is 0 Å². The number of anilines is 2. The van der Waals surface area contributed by atoms with E-state index in [1.165, 1.54) is 12.1 Å². The molecule has 0 bridgehead atoms. The predicted molar refractivity (Wildman–Crippen MR) is 104 cm³/mol. The minimum atomic E-state index is -0.272. The van der Waals surface area contributed by atoms with Gasteiger partial charge in [0, 0.05) is 18.4 Å². The lowest BCUT2D eigenvalue weighted by Gasteiger charge is -2.10. The SMILES string of the molecule is CCc1ccccc1Nc1nccc(C(=O)NCCc2ccc(F)cc2)n1. The number of amides is 1. The molecule has 1 aromatic heterocycles. The van der Waals surface area contributed by atoms with Gasteiger partial charge in [0.1, 0.15) is 11.5 Å². The van der Waals surface area contributed by atoms with Crippen molar-refractivity contribution in [1.29, 1.82) is 0 Å². The van der Waals surface area contributed by atoms with Gasteiger partial charge in [-0.1, -0.05) is 37.3 Å². The Hall–Kier alpha value is -3.28. The van der Waals surface area contributed by atoms with Gasteiger partial charge >= 0.3 is 0 Å². The van der Waals surface area contributed by atoms with Gasteiger partial charge in [0.2, 0.25) is 5.95 Å². The summed E-state index contributed by atoms with van der Waals surface area (Å²) in [6, 6.07) is 15.7. The van der Waals surface area contributed by atoms with Crippen LogP contribution in [0.5, 0.6) is 0 Å². The number of carbonyl (C=O) groups excluding carboxylic acids is 1. The van der Waals surface area contributed by atoms with Crippen LogP contribution in [-0.4, -0.2) is 22.4 Å². The van der Waals surface area contributed by atoms with E-state index in [1.54, 1.807) is 24.4 Å². The fourth-order valence-corrected chi connectivity index (χ4v) is 2.68. The zero-order valence-electron chi connectivity index (χ0n) is 15.1. The van der Waals surface area contributed by atoms with E-state index >= 15 is 0 Å². The molecular formula is C21H21FN4O. The predicted octanol–water partition coefficient (Wildman–Crippen LogP) is 3.89. The summed E-state index contributed by atoms with van der Waals surface area (Å²) in [5.74, 6) is -0.165. The van der Waals surface area contributed by atoms with E-state index in [-0.39, 0.29) is 11.7 Å². The summed E-state index contributed by atoms with van der Waals surface area (Å²) >= 11 is 0. The van der Waals surface area contributed by atoms with Crippen LogP contribution in [0.25, 0.3) is 0 Å². The van der Waals surface area contributed by atoms with Crippen molar-refractivity contribution < 1.29 is 9.18 Å². The van der Waals surface area contributed by atoms with Gasteiger partial charge in [-0.2, -0.15) is 0 Å². The fraction of sp³-hybridized carbons (Fsp3) is 0.190. The lowest BCUT2D eigenvalue weighted by Crippen LogP contribution is -2.26. The second-order valence-electron chi connectivity index (χ2n) is 6.03. The summed E-state index contributed by atoms with van der Waals surface area (Å²) in [6.07, 6.45) is 3.05. The molecule has 0 radical (unpaired) electrons. The summed E-state index contributed by atoms with van der Waals surface area (Å²) in [5.41, 5.74) is 3.32. The first-order chi connectivity index (χ1) is 13.2. The Labute approximate surface area is 157 Å². The van der Waals surface area contributed by atoms with Crippen LogP contribution >= 0.6 is 0 Å². The number of aryl methyl sites for hydroxylation is 1. The maximum Gasteiger partial charge on any atom is 0.270 e. The van der Waals surface area contributed by atoms with Crippen molar-refractivity contribution in [3.63, 3.8) is 0 Å². The summed E-state index contributed by atoms with van der Waals surface area (Å²) in [5, 5.41) is 5.99. The third kappa shape index (κ3) is 5.10. The van der Waals surface area contributed by atoms with Crippen molar-refractivity contribution in [2.45, 2.75) is 19.8 Å². The molecule has 0 saturated carbocycles. The molecule has 0 spiro atoms. The van der Waals surface area contributed by atoms with Gasteiger partial charge in [-0.05, 0) is 48.2 Å². The first-order valence-corrected chi connectivity index (χ1v) is 8.86. The molecule has 3 rings (SSSR count). The molecule has 27 heavy (non-hydrogen) atoms. The zero-order valence-corrected chi connectivity index (χ0v) is 15.1. The third-order valence-electron chi connectivity index (χ3n) is 4.15. The normalized spacial score (nSPS) is 10.4. The number of nitrogens with zero attached hydrogens (tertiary/aromatic N) is 2. The third-order valence-corrected chi connectivity index (χ3v) is 4.15. The molecule has 2 N–H and O–H groups in total. The molecule has 0 aliphatic rings. The van der Waals surface area contributed by atoms with E-state index in [4.69, 9.17) is 0 Å². The number of carbonyl (C=O) groups is 1. The molecule has 3 aromatic rings. The second-order valence-corrected chi connectivity index (χ2v) is 6.03. The molecule has 0 aliphatic heterocycles. The first-order valence-electron chi connectivity index (χ1n) is 8.86. The first kappa shape index (κ1) is 18.5. The van der Waals surface area contributed by atoms with Crippen molar-refractivity contribution >= 4 is 17.5 Å². The lowest BCUT2D eigenvalue weighted by molar-refractivity contribution is 0.0949. The van der Waals surface area contributed by atoms with E-state index in [2.05, 4.69) is 27.5 Å². The number of halogens is 1. The fourth-order valence-electron chi connectivity index (χ4n) is 2.68. The topological polar surface area (TPSA) is 66.9 Å². The molecule has 5 nitrogen and oxygen atoms in total. The number of nitrogens with one attached hydrogen (secondary N) is 2. The molecule has 0 atom stereocenters. The Kier molecular flexibility index (Phi) is 6.10. The largest absolute Gasteiger partial charge is 0.350 e. The zero-order chi connectivity index (χ0) is 19.1. The van der Waals surface area contributed by atoms with Crippen molar-refractivity contribution in [3.8, 4) is 0 Å². The van der Waals surface area contributed by atoms with Crippen molar-refractivity contribution in [2.75, 3.05) is 11.9 Å².